The summed E-state index contributed by atoms with van der Waals surface area (Å²) in [6.07, 6.45) is 0.365. The van der Waals surface area contributed by atoms with Crippen molar-refractivity contribution in [3.05, 3.63) is 65.2 Å². The van der Waals surface area contributed by atoms with Gasteiger partial charge in [0.05, 0.1) is 0 Å². The normalized spacial score (nSPS) is 11.0. The lowest BCUT2D eigenvalue weighted by Gasteiger charge is -2.04. The Morgan fingerprint density at radius 1 is 1.09 bits per heavy atom. The molecule has 0 spiro atoms. The molecule has 0 radical (unpaired) electrons. The highest BCUT2D eigenvalue weighted by molar-refractivity contribution is 6.30. The van der Waals surface area contributed by atoms with E-state index in [1.54, 1.807) is 24.3 Å². The number of benzene rings is 2. The van der Waals surface area contributed by atoms with Gasteiger partial charge in [0, 0.05) is 11.4 Å². The molecule has 0 fully saturated rings. The summed E-state index contributed by atoms with van der Waals surface area (Å²) < 4.78 is 5.23. The monoisotopic (exact) mass is 318 g/mol. The minimum absolute atomic E-state index is 0.190. The van der Waals surface area contributed by atoms with Crippen LogP contribution in [0.4, 0.5) is 0 Å². The van der Waals surface area contributed by atoms with Crippen LogP contribution in [-0.2, 0) is 16.1 Å². The zero-order chi connectivity index (χ0) is 15.8. The van der Waals surface area contributed by atoms with Crippen molar-refractivity contribution in [3.8, 4) is 5.75 Å². The lowest BCUT2D eigenvalue weighted by Crippen LogP contribution is -2.18. The topological polar surface area (TPSA) is 73.9 Å². The third-order valence-electron chi connectivity index (χ3n) is 2.66. The van der Waals surface area contributed by atoms with E-state index in [9.17, 15) is 4.79 Å². The first-order chi connectivity index (χ1) is 10.6. The Labute approximate surface area is 133 Å². The molecule has 0 saturated heterocycles. The van der Waals surface area contributed by atoms with E-state index >= 15 is 0 Å². The summed E-state index contributed by atoms with van der Waals surface area (Å²) in [6.45, 7) is -0.234. The van der Waals surface area contributed by atoms with Crippen LogP contribution < -0.4 is 10.5 Å². The molecule has 0 atom stereocenters. The first kappa shape index (κ1) is 15.9. The molecule has 22 heavy (non-hydrogen) atoms. The second-order valence-corrected chi connectivity index (χ2v) is 4.89. The van der Waals surface area contributed by atoms with E-state index < -0.39 is 5.97 Å². The number of halogens is 1. The van der Waals surface area contributed by atoms with Gasteiger partial charge < -0.3 is 15.3 Å². The molecule has 5 nitrogen and oxygen atoms in total. The molecular formula is C16H15ClN2O3. The van der Waals surface area contributed by atoms with E-state index in [1.807, 2.05) is 30.3 Å². The molecular weight excluding hydrogens is 304 g/mol. The summed E-state index contributed by atoms with van der Waals surface area (Å²) in [7, 11) is 0. The van der Waals surface area contributed by atoms with E-state index in [1.165, 1.54) is 0 Å². The van der Waals surface area contributed by atoms with E-state index in [2.05, 4.69) is 5.16 Å². The molecule has 0 aliphatic rings. The molecule has 0 unspecified atom stereocenters. The summed E-state index contributed by atoms with van der Waals surface area (Å²) in [6, 6.07) is 16.1. The molecule has 2 aromatic rings. The highest BCUT2D eigenvalue weighted by Gasteiger charge is 2.05. The van der Waals surface area contributed by atoms with Crippen molar-refractivity contribution in [2.24, 2.45) is 10.9 Å². The molecule has 2 N–H and O–H groups in total. The lowest BCUT2D eigenvalue weighted by atomic mass is 10.1. The summed E-state index contributed by atoms with van der Waals surface area (Å²) >= 11 is 5.79. The Bertz CT molecular complexity index is 642. The Kier molecular flexibility index (Phi) is 5.80. The number of ether oxygens (including phenoxy) is 1. The predicted octanol–water partition coefficient (Wildman–Crippen LogP) is 2.78. The molecule has 0 aliphatic heterocycles. The fraction of sp³-hybridized carbons (Fsp3) is 0.125. The van der Waals surface area contributed by atoms with Gasteiger partial charge in [0.25, 0.3) is 0 Å². The predicted molar refractivity (Wildman–Crippen MR) is 84.8 cm³/mol. The number of carbonyl (C=O) groups is 1. The molecule has 0 amide bonds. The maximum Gasteiger partial charge on any atom is 0.372 e. The minimum Gasteiger partial charge on any atom is -0.482 e. The smallest absolute Gasteiger partial charge is 0.372 e. The number of carbonyl (C=O) groups excluding carboxylic acids is 1. The Hall–Kier alpha value is -2.53. The standard InChI is InChI=1S/C16H15ClN2O3/c17-13-8-6-12(7-9-13)10-15(18)19-22-16(20)11-21-14-4-2-1-3-5-14/h1-9H,10-11H2,(H2,18,19). The molecule has 6 heteroatoms. The first-order valence-corrected chi connectivity index (χ1v) is 6.96. The third kappa shape index (κ3) is 5.46. The summed E-state index contributed by atoms with van der Waals surface area (Å²) in [5, 5.41) is 4.23. The van der Waals surface area contributed by atoms with Crippen molar-refractivity contribution in [2.45, 2.75) is 6.42 Å². The number of nitrogens with two attached hydrogens (primary N) is 1. The number of para-hydroxylation sites is 1. The van der Waals surface area contributed by atoms with Crippen LogP contribution in [0.15, 0.2) is 59.8 Å². The zero-order valence-corrected chi connectivity index (χ0v) is 12.5. The largest absolute Gasteiger partial charge is 0.482 e. The number of nitrogens with zero attached hydrogens (tertiary/aromatic N) is 1. The van der Waals surface area contributed by atoms with Gasteiger partial charge in [-0.25, -0.2) is 4.79 Å². The van der Waals surface area contributed by atoms with Crippen LogP contribution in [0.1, 0.15) is 5.56 Å². The van der Waals surface area contributed by atoms with E-state index in [0.717, 1.165) is 5.56 Å². The second-order valence-electron chi connectivity index (χ2n) is 4.45. The maximum absolute atomic E-state index is 11.5. The fourth-order valence-corrected chi connectivity index (χ4v) is 1.76. The lowest BCUT2D eigenvalue weighted by molar-refractivity contribution is -0.146. The van der Waals surface area contributed by atoms with Crippen LogP contribution >= 0.6 is 11.6 Å². The summed E-state index contributed by atoms with van der Waals surface area (Å²) in [5.74, 6) is 0.149. The highest BCUT2D eigenvalue weighted by Crippen LogP contribution is 2.10. The summed E-state index contributed by atoms with van der Waals surface area (Å²) in [4.78, 5) is 16.2. The molecule has 2 aromatic carbocycles. The van der Waals surface area contributed by atoms with Crippen molar-refractivity contribution >= 4 is 23.4 Å². The first-order valence-electron chi connectivity index (χ1n) is 6.58. The number of rotatable bonds is 6. The second kappa shape index (κ2) is 8.05. The number of hydrogen-bond acceptors (Lipinski definition) is 4. The minimum atomic E-state index is -0.622. The van der Waals surface area contributed by atoms with E-state index in [-0.39, 0.29) is 12.4 Å². The van der Waals surface area contributed by atoms with Crippen LogP contribution in [-0.4, -0.2) is 18.4 Å². The van der Waals surface area contributed by atoms with Crippen LogP contribution in [0.3, 0.4) is 0 Å². The van der Waals surface area contributed by atoms with Crippen molar-refractivity contribution in [1.82, 2.24) is 0 Å². The van der Waals surface area contributed by atoms with Crippen LogP contribution in [0.25, 0.3) is 0 Å². The van der Waals surface area contributed by atoms with Crippen molar-refractivity contribution < 1.29 is 14.4 Å². The average molecular weight is 319 g/mol. The van der Waals surface area contributed by atoms with E-state index in [4.69, 9.17) is 26.9 Å². The molecule has 0 saturated carbocycles. The van der Waals surface area contributed by atoms with Crippen LogP contribution in [0, 0.1) is 0 Å². The van der Waals surface area contributed by atoms with Crippen LogP contribution in [0.2, 0.25) is 5.02 Å². The molecule has 0 bridgehead atoms. The summed E-state index contributed by atoms with van der Waals surface area (Å²) in [5.41, 5.74) is 6.62. The van der Waals surface area contributed by atoms with E-state index in [0.29, 0.717) is 17.2 Å². The zero-order valence-electron chi connectivity index (χ0n) is 11.7. The Balaban J connectivity index is 1.77. The van der Waals surface area contributed by atoms with Crippen LogP contribution in [0.5, 0.6) is 5.75 Å². The maximum atomic E-state index is 11.5. The Morgan fingerprint density at radius 3 is 2.45 bits per heavy atom. The van der Waals surface area contributed by atoms with Gasteiger partial charge in [0.15, 0.2) is 6.61 Å². The molecule has 0 heterocycles. The van der Waals surface area contributed by atoms with Gasteiger partial charge in [0.2, 0.25) is 0 Å². The Morgan fingerprint density at radius 2 is 1.77 bits per heavy atom. The van der Waals surface area contributed by atoms with Gasteiger partial charge in [-0.1, -0.05) is 47.1 Å². The van der Waals surface area contributed by atoms with Crippen molar-refractivity contribution in [2.75, 3.05) is 6.61 Å². The van der Waals surface area contributed by atoms with Gasteiger partial charge in [0.1, 0.15) is 11.6 Å². The van der Waals surface area contributed by atoms with Crippen molar-refractivity contribution in [3.63, 3.8) is 0 Å². The van der Waals surface area contributed by atoms with Gasteiger partial charge in [-0.3, -0.25) is 0 Å². The molecule has 114 valence electrons. The average Bonchev–Trinajstić information content (AvgIpc) is 2.54. The van der Waals surface area contributed by atoms with Gasteiger partial charge in [-0.05, 0) is 29.8 Å². The van der Waals surface area contributed by atoms with Gasteiger partial charge >= 0.3 is 5.97 Å². The third-order valence-corrected chi connectivity index (χ3v) is 2.92. The van der Waals surface area contributed by atoms with Gasteiger partial charge in [-0.2, -0.15) is 0 Å². The molecule has 0 aromatic heterocycles. The highest BCUT2D eigenvalue weighted by atomic mass is 35.5. The fourth-order valence-electron chi connectivity index (χ4n) is 1.64. The number of amidine groups is 1. The van der Waals surface area contributed by atoms with Gasteiger partial charge in [-0.15, -0.1) is 0 Å². The molecule has 0 aliphatic carbocycles. The quantitative estimate of drug-likeness (QED) is 0.385. The molecule has 2 rings (SSSR count). The van der Waals surface area contributed by atoms with Crippen molar-refractivity contribution in [1.29, 1.82) is 0 Å². The number of hydrogen-bond donors (Lipinski definition) is 1. The number of oxime groups is 1. The SMILES string of the molecule is NC(Cc1ccc(Cl)cc1)=NOC(=O)COc1ccccc1.